The van der Waals surface area contributed by atoms with Crippen LogP contribution in [0.5, 0.6) is 5.75 Å². The van der Waals surface area contributed by atoms with Crippen LogP contribution >= 0.6 is 23.1 Å². The quantitative estimate of drug-likeness (QED) is 0.420. The number of hydrogen-bond donors (Lipinski definition) is 1. The van der Waals surface area contributed by atoms with Crippen molar-refractivity contribution in [1.29, 1.82) is 0 Å². The molecule has 0 fully saturated rings. The first-order valence-electron chi connectivity index (χ1n) is 9.18. The lowest BCUT2D eigenvalue weighted by atomic mass is 10.2. The fraction of sp³-hybridized carbons (Fsp3) is 0.143. The summed E-state index contributed by atoms with van der Waals surface area (Å²) in [5, 5.41) is 13.0. The second kappa shape index (κ2) is 9.55. The van der Waals surface area contributed by atoms with Crippen LogP contribution in [-0.4, -0.2) is 32.8 Å². The minimum absolute atomic E-state index is 0.217. The van der Waals surface area contributed by atoms with Crippen molar-refractivity contribution < 1.29 is 9.53 Å². The van der Waals surface area contributed by atoms with Gasteiger partial charge in [-0.2, -0.15) is 0 Å². The summed E-state index contributed by atoms with van der Waals surface area (Å²) in [4.78, 5) is 16.8. The first-order valence-corrected chi connectivity index (χ1v) is 11.0. The number of thioether (sulfide) groups is 1. The number of aromatic nitrogens is 4. The molecule has 2 aromatic heterocycles. The highest BCUT2D eigenvalue weighted by Gasteiger charge is 2.14. The molecule has 1 amide bonds. The van der Waals surface area contributed by atoms with Crippen molar-refractivity contribution in [3.8, 4) is 11.4 Å². The molecule has 1 N–H and O–H groups in total. The molecule has 9 heteroatoms. The van der Waals surface area contributed by atoms with E-state index in [0.29, 0.717) is 17.3 Å². The van der Waals surface area contributed by atoms with Crippen LogP contribution in [0.1, 0.15) is 20.4 Å². The Kier molecular flexibility index (Phi) is 6.41. The molecule has 0 aliphatic rings. The van der Waals surface area contributed by atoms with Crippen LogP contribution in [-0.2, 0) is 12.3 Å². The molecule has 0 aliphatic heterocycles. The summed E-state index contributed by atoms with van der Waals surface area (Å²) in [6, 6.07) is 17.5. The van der Waals surface area contributed by atoms with Gasteiger partial charge in [0.15, 0.2) is 5.16 Å². The number of imidazole rings is 1. The average Bonchev–Trinajstić information content (AvgIpc) is 3.46. The zero-order valence-electron chi connectivity index (χ0n) is 16.2. The molecule has 4 aromatic rings. The SMILES string of the molecule is COc1cccc(-n2ccnc2SCc2nnc(C(=O)NCc3ccccc3)s2)c1. The van der Waals surface area contributed by atoms with Gasteiger partial charge in [0, 0.05) is 25.0 Å². The third kappa shape index (κ3) is 4.87. The van der Waals surface area contributed by atoms with E-state index < -0.39 is 0 Å². The van der Waals surface area contributed by atoms with E-state index in [9.17, 15) is 4.79 Å². The predicted molar refractivity (Wildman–Crippen MR) is 117 cm³/mol. The van der Waals surface area contributed by atoms with Gasteiger partial charge in [-0.15, -0.1) is 10.2 Å². The van der Waals surface area contributed by atoms with Crippen LogP contribution in [0, 0.1) is 0 Å². The van der Waals surface area contributed by atoms with E-state index in [1.165, 1.54) is 23.1 Å². The Hall–Kier alpha value is -3.17. The van der Waals surface area contributed by atoms with E-state index in [-0.39, 0.29) is 5.91 Å². The average molecular weight is 438 g/mol. The van der Waals surface area contributed by atoms with Gasteiger partial charge < -0.3 is 10.1 Å². The second-order valence-corrected chi connectivity index (χ2v) is 8.24. The fourth-order valence-corrected chi connectivity index (χ4v) is 4.45. The lowest BCUT2D eigenvalue weighted by Gasteiger charge is -2.08. The molecule has 0 saturated heterocycles. The summed E-state index contributed by atoms with van der Waals surface area (Å²) in [5.41, 5.74) is 2.00. The highest BCUT2D eigenvalue weighted by atomic mass is 32.2. The van der Waals surface area contributed by atoms with Gasteiger partial charge in [0.2, 0.25) is 5.01 Å². The summed E-state index contributed by atoms with van der Waals surface area (Å²) < 4.78 is 7.29. The molecule has 0 saturated carbocycles. The van der Waals surface area contributed by atoms with Gasteiger partial charge in [0.05, 0.1) is 18.6 Å². The number of nitrogens with zero attached hydrogens (tertiary/aromatic N) is 4. The number of carbonyl (C=O) groups is 1. The first-order chi connectivity index (χ1) is 14.7. The molecule has 30 heavy (non-hydrogen) atoms. The van der Waals surface area contributed by atoms with Crippen molar-refractivity contribution in [2.45, 2.75) is 17.5 Å². The molecule has 4 rings (SSSR count). The number of amides is 1. The molecule has 152 valence electrons. The third-order valence-corrected chi connectivity index (χ3v) is 6.30. The molecule has 0 atom stereocenters. The largest absolute Gasteiger partial charge is 0.497 e. The Morgan fingerprint density at radius 1 is 1.17 bits per heavy atom. The number of carbonyl (C=O) groups excluding carboxylic acids is 1. The maximum atomic E-state index is 12.3. The smallest absolute Gasteiger partial charge is 0.282 e. The van der Waals surface area contributed by atoms with E-state index in [0.717, 1.165) is 27.2 Å². The van der Waals surface area contributed by atoms with E-state index in [2.05, 4.69) is 20.5 Å². The Labute approximate surface area is 182 Å². The van der Waals surface area contributed by atoms with Crippen molar-refractivity contribution in [1.82, 2.24) is 25.1 Å². The second-order valence-electron chi connectivity index (χ2n) is 6.24. The van der Waals surface area contributed by atoms with Crippen molar-refractivity contribution >= 4 is 29.0 Å². The van der Waals surface area contributed by atoms with E-state index >= 15 is 0 Å². The van der Waals surface area contributed by atoms with Crippen molar-refractivity contribution in [2.24, 2.45) is 0 Å². The van der Waals surface area contributed by atoms with Gasteiger partial charge in [0.25, 0.3) is 5.91 Å². The molecule has 0 unspecified atom stereocenters. The number of hydrogen-bond acceptors (Lipinski definition) is 7. The van der Waals surface area contributed by atoms with Crippen molar-refractivity contribution in [3.63, 3.8) is 0 Å². The number of nitrogens with one attached hydrogen (secondary N) is 1. The van der Waals surface area contributed by atoms with Crippen LogP contribution in [0.3, 0.4) is 0 Å². The highest BCUT2D eigenvalue weighted by Crippen LogP contribution is 2.26. The fourth-order valence-electron chi connectivity index (χ4n) is 2.74. The topological polar surface area (TPSA) is 81.9 Å². The summed E-state index contributed by atoms with van der Waals surface area (Å²) in [6.07, 6.45) is 3.66. The molecule has 0 radical (unpaired) electrons. The molecular formula is C21H19N5O2S2. The van der Waals surface area contributed by atoms with Crippen LogP contribution in [0.15, 0.2) is 72.1 Å². The van der Waals surface area contributed by atoms with Gasteiger partial charge in [0.1, 0.15) is 10.8 Å². The Bertz CT molecular complexity index is 1130. The summed E-state index contributed by atoms with van der Waals surface area (Å²) in [7, 11) is 1.64. The lowest BCUT2D eigenvalue weighted by molar-refractivity contribution is 0.0950. The Morgan fingerprint density at radius 3 is 2.87 bits per heavy atom. The number of ether oxygens (including phenoxy) is 1. The van der Waals surface area contributed by atoms with Gasteiger partial charge in [-0.1, -0.05) is 59.5 Å². The molecular weight excluding hydrogens is 418 g/mol. The summed E-state index contributed by atoms with van der Waals surface area (Å²) in [6.45, 7) is 0.460. The van der Waals surface area contributed by atoms with Crippen LogP contribution < -0.4 is 10.1 Å². The van der Waals surface area contributed by atoms with E-state index in [4.69, 9.17) is 4.74 Å². The van der Waals surface area contributed by atoms with E-state index in [1.54, 1.807) is 13.3 Å². The lowest BCUT2D eigenvalue weighted by Crippen LogP contribution is -2.22. The Balaban J connectivity index is 1.37. The minimum Gasteiger partial charge on any atom is -0.497 e. The third-order valence-electron chi connectivity index (χ3n) is 4.22. The van der Waals surface area contributed by atoms with Crippen molar-refractivity contribution in [2.75, 3.05) is 7.11 Å². The van der Waals surface area contributed by atoms with Gasteiger partial charge in [-0.25, -0.2) is 4.98 Å². The highest BCUT2D eigenvalue weighted by molar-refractivity contribution is 7.98. The van der Waals surface area contributed by atoms with Gasteiger partial charge in [-0.3, -0.25) is 9.36 Å². The van der Waals surface area contributed by atoms with Crippen LogP contribution in [0.25, 0.3) is 5.69 Å². The molecule has 0 spiro atoms. The molecule has 2 heterocycles. The predicted octanol–water partition coefficient (Wildman–Crippen LogP) is 3.95. The number of methoxy groups -OCH3 is 1. The van der Waals surface area contributed by atoms with Crippen LogP contribution in [0.4, 0.5) is 0 Å². The minimum atomic E-state index is -0.217. The van der Waals surface area contributed by atoms with Crippen molar-refractivity contribution in [3.05, 3.63) is 82.6 Å². The maximum absolute atomic E-state index is 12.3. The van der Waals surface area contributed by atoms with Crippen LogP contribution in [0.2, 0.25) is 0 Å². The number of rotatable bonds is 8. The monoisotopic (exact) mass is 437 g/mol. The van der Waals surface area contributed by atoms with E-state index in [1.807, 2.05) is 65.4 Å². The molecule has 0 bridgehead atoms. The maximum Gasteiger partial charge on any atom is 0.282 e. The van der Waals surface area contributed by atoms with Gasteiger partial charge in [-0.05, 0) is 17.7 Å². The zero-order chi connectivity index (χ0) is 20.8. The van der Waals surface area contributed by atoms with Gasteiger partial charge >= 0.3 is 0 Å². The standard InChI is InChI=1S/C21H19N5O2S2/c1-28-17-9-5-8-16(12-17)26-11-10-22-21(26)29-14-18-24-25-20(30-18)19(27)23-13-15-6-3-2-4-7-15/h2-12H,13-14H2,1H3,(H,23,27). The first kappa shape index (κ1) is 20.1. The molecule has 7 nitrogen and oxygen atoms in total. The molecule has 2 aromatic carbocycles. The normalized spacial score (nSPS) is 10.7. The molecule has 0 aliphatic carbocycles. The summed E-state index contributed by atoms with van der Waals surface area (Å²) >= 11 is 2.83. The summed E-state index contributed by atoms with van der Waals surface area (Å²) in [5.74, 6) is 1.14. The number of benzene rings is 2. The Morgan fingerprint density at radius 2 is 2.03 bits per heavy atom. The zero-order valence-corrected chi connectivity index (χ0v) is 17.8.